The lowest BCUT2D eigenvalue weighted by Crippen LogP contribution is -2.17. The average molecular weight is 256 g/mol. The molecule has 17 heavy (non-hydrogen) atoms. The van der Waals surface area contributed by atoms with E-state index in [1.807, 2.05) is 6.92 Å². The molecule has 6 heteroatoms. The van der Waals surface area contributed by atoms with Crippen molar-refractivity contribution in [1.82, 2.24) is 4.98 Å². The average Bonchev–Trinajstić information content (AvgIpc) is 2.61. The van der Waals surface area contributed by atoms with E-state index in [1.54, 1.807) is 6.92 Å². The number of ether oxygens (including phenoxy) is 1. The smallest absolute Gasteiger partial charge is 0.358 e. The van der Waals surface area contributed by atoms with Crippen LogP contribution in [0.3, 0.4) is 0 Å². The van der Waals surface area contributed by atoms with Crippen molar-refractivity contribution < 1.29 is 14.3 Å². The first kappa shape index (κ1) is 13.8. The van der Waals surface area contributed by atoms with E-state index in [9.17, 15) is 9.59 Å². The zero-order valence-corrected chi connectivity index (χ0v) is 11.0. The monoisotopic (exact) mass is 256 g/mol. The minimum Gasteiger partial charge on any atom is -0.461 e. The van der Waals surface area contributed by atoms with Crippen LogP contribution in [0.4, 0.5) is 0 Å². The van der Waals surface area contributed by atoms with E-state index < -0.39 is 5.97 Å². The van der Waals surface area contributed by atoms with Crippen LogP contribution in [0.5, 0.6) is 0 Å². The molecule has 0 aliphatic heterocycles. The third-order valence-electron chi connectivity index (χ3n) is 1.96. The third kappa shape index (κ3) is 3.61. The van der Waals surface area contributed by atoms with E-state index in [4.69, 9.17) is 10.5 Å². The SMILES string of the molecule is CCOC(=O)c1nc(CC(C)N)sc1C(C)=O. The quantitative estimate of drug-likeness (QED) is 0.636. The normalized spacial score (nSPS) is 12.2. The van der Waals surface area contributed by atoms with Gasteiger partial charge in [-0.2, -0.15) is 0 Å². The number of nitrogens with zero attached hydrogens (tertiary/aromatic N) is 1. The highest BCUT2D eigenvalue weighted by Gasteiger charge is 2.22. The number of carbonyl (C=O) groups is 2. The maximum Gasteiger partial charge on any atom is 0.358 e. The molecule has 94 valence electrons. The fourth-order valence-corrected chi connectivity index (χ4v) is 2.39. The van der Waals surface area contributed by atoms with E-state index in [0.29, 0.717) is 16.3 Å². The molecule has 1 atom stereocenters. The summed E-state index contributed by atoms with van der Waals surface area (Å²) in [5.41, 5.74) is 5.77. The maximum absolute atomic E-state index is 11.6. The number of ketones is 1. The minimum atomic E-state index is -0.551. The van der Waals surface area contributed by atoms with Gasteiger partial charge in [-0.25, -0.2) is 9.78 Å². The summed E-state index contributed by atoms with van der Waals surface area (Å²) in [5.74, 6) is -0.730. The lowest BCUT2D eigenvalue weighted by Gasteiger charge is -1.99. The molecule has 0 amide bonds. The molecule has 2 N–H and O–H groups in total. The first-order valence-electron chi connectivity index (χ1n) is 5.39. The molecule has 5 nitrogen and oxygen atoms in total. The van der Waals surface area contributed by atoms with Crippen LogP contribution in [-0.4, -0.2) is 29.4 Å². The predicted octanol–water partition coefficient (Wildman–Crippen LogP) is 1.41. The molecule has 1 unspecified atom stereocenters. The molecule has 0 saturated heterocycles. The Hall–Kier alpha value is -1.27. The fourth-order valence-electron chi connectivity index (χ4n) is 1.30. The number of hydrogen-bond donors (Lipinski definition) is 1. The molecule has 1 heterocycles. The molecule has 0 aliphatic rings. The summed E-state index contributed by atoms with van der Waals surface area (Å²) >= 11 is 1.21. The Labute approximate surface area is 104 Å². The second-order valence-electron chi connectivity index (χ2n) is 3.74. The molecule has 0 aliphatic carbocycles. The predicted molar refractivity (Wildman–Crippen MR) is 65.4 cm³/mol. The molecule has 1 aromatic heterocycles. The largest absolute Gasteiger partial charge is 0.461 e. The van der Waals surface area contributed by atoms with Gasteiger partial charge in [0.05, 0.1) is 11.6 Å². The summed E-state index contributed by atoms with van der Waals surface area (Å²) in [4.78, 5) is 27.5. The van der Waals surface area contributed by atoms with Gasteiger partial charge in [-0.15, -0.1) is 11.3 Å². The van der Waals surface area contributed by atoms with E-state index in [0.717, 1.165) is 0 Å². The molecule has 0 fully saturated rings. The number of esters is 1. The van der Waals surface area contributed by atoms with Crippen LogP contribution >= 0.6 is 11.3 Å². The summed E-state index contributed by atoms with van der Waals surface area (Å²) < 4.78 is 4.86. The van der Waals surface area contributed by atoms with Crippen molar-refractivity contribution in [3.63, 3.8) is 0 Å². The number of carbonyl (C=O) groups excluding carboxylic acids is 2. The van der Waals surface area contributed by atoms with Gasteiger partial charge in [0.1, 0.15) is 4.88 Å². The van der Waals surface area contributed by atoms with Gasteiger partial charge in [-0.3, -0.25) is 4.79 Å². The summed E-state index contributed by atoms with van der Waals surface area (Å²) in [6.07, 6.45) is 0.546. The molecule has 0 saturated carbocycles. The zero-order chi connectivity index (χ0) is 13.0. The molecule has 1 rings (SSSR count). The van der Waals surface area contributed by atoms with Gasteiger partial charge in [-0.1, -0.05) is 0 Å². The first-order valence-corrected chi connectivity index (χ1v) is 6.20. The molecule has 0 radical (unpaired) electrons. The number of aromatic nitrogens is 1. The van der Waals surface area contributed by atoms with Crippen molar-refractivity contribution in [2.45, 2.75) is 33.2 Å². The lowest BCUT2D eigenvalue weighted by atomic mass is 10.2. The Morgan fingerprint density at radius 1 is 1.53 bits per heavy atom. The minimum absolute atomic E-state index is 0.0593. The zero-order valence-electron chi connectivity index (χ0n) is 10.1. The fraction of sp³-hybridized carbons (Fsp3) is 0.545. The van der Waals surface area contributed by atoms with Crippen LogP contribution in [-0.2, 0) is 11.2 Å². The van der Waals surface area contributed by atoms with Crippen molar-refractivity contribution in [3.05, 3.63) is 15.6 Å². The van der Waals surface area contributed by atoms with E-state index in [-0.39, 0.29) is 24.1 Å². The summed E-state index contributed by atoms with van der Waals surface area (Å²) in [6, 6.07) is -0.0593. The van der Waals surface area contributed by atoms with Crippen molar-refractivity contribution in [1.29, 1.82) is 0 Å². The summed E-state index contributed by atoms with van der Waals surface area (Å²) in [7, 11) is 0. The first-order chi connectivity index (χ1) is 7.95. The Balaban J connectivity index is 3.05. The number of rotatable bonds is 5. The molecule has 0 aromatic carbocycles. The Morgan fingerprint density at radius 2 is 2.18 bits per heavy atom. The van der Waals surface area contributed by atoms with Gasteiger partial charge >= 0.3 is 5.97 Å². The standard InChI is InChI=1S/C11H16N2O3S/c1-4-16-11(15)9-10(7(3)14)17-8(13-9)5-6(2)12/h6H,4-5,12H2,1-3H3. The highest BCUT2D eigenvalue weighted by Crippen LogP contribution is 2.21. The van der Waals surface area contributed by atoms with Crippen LogP contribution in [0.1, 0.15) is 45.9 Å². The molecule has 0 spiro atoms. The van der Waals surface area contributed by atoms with E-state index in [1.165, 1.54) is 18.3 Å². The van der Waals surface area contributed by atoms with Crippen LogP contribution < -0.4 is 5.73 Å². The molecular weight excluding hydrogens is 240 g/mol. The third-order valence-corrected chi connectivity index (χ3v) is 3.14. The number of thiazole rings is 1. The number of nitrogens with two attached hydrogens (primary N) is 1. The van der Waals surface area contributed by atoms with Gasteiger partial charge in [0, 0.05) is 19.4 Å². The summed E-state index contributed by atoms with van der Waals surface area (Å²) in [6.45, 7) is 5.22. The van der Waals surface area contributed by atoms with Crippen LogP contribution in [0.2, 0.25) is 0 Å². The number of hydrogen-bond acceptors (Lipinski definition) is 6. The van der Waals surface area contributed by atoms with Gasteiger partial charge in [0.15, 0.2) is 11.5 Å². The van der Waals surface area contributed by atoms with Crippen molar-refractivity contribution in [3.8, 4) is 0 Å². The molecule has 0 bridgehead atoms. The highest BCUT2D eigenvalue weighted by atomic mass is 32.1. The molecular formula is C11H16N2O3S. The van der Waals surface area contributed by atoms with Crippen molar-refractivity contribution >= 4 is 23.1 Å². The topological polar surface area (TPSA) is 82.3 Å². The van der Waals surface area contributed by atoms with Gasteiger partial charge in [0.25, 0.3) is 0 Å². The van der Waals surface area contributed by atoms with Crippen LogP contribution in [0.15, 0.2) is 0 Å². The second-order valence-corrected chi connectivity index (χ2v) is 4.83. The Bertz CT molecular complexity index is 426. The number of Topliss-reactive ketones (excluding diaryl/α,β-unsaturated/α-hetero) is 1. The van der Waals surface area contributed by atoms with Gasteiger partial charge in [0.2, 0.25) is 0 Å². The van der Waals surface area contributed by atoms with Gasteiger partial charge in [-0.05, 0) is 13.8 Å². The van der Waals surface area contributed by atoms with E-state index in [2.05, 4.69) is 4.98 Å². The van der Waals surface area contributed by atoms with Crippen LogP contribution in [0.25, 0.3) is 0 Å². The second kappa shape index (κ2) is 5.88. The van der Waals surface area contributed by atoms with E-state index >= 15 is 0 Å². The molecule has 1 aromatic rings. The van der Waals surface area contributed by atoms with Crippen LogP contribution in [0, 0.1) is 0 Å². The Morgan fingerprint density at radius 3 is 2.65 bits per heavy atom. The lowest BCUT2D eigenvalue weighted by molar-refractivity contribution is 0.0517. The maximum atomic E-state index is 11.6. The Kier molecular flexibility index (Phi) is 4.77. The summed E-state index contributed by atoms with van der Waals surface area (Å²) in [5, 5.41) is 0.688. The van der Waals surface area contributed by atoms with Gasteiger partial charge < -0.3 is 10.5 Å². The highest BCUT2D eigenvalue weighted by molar-refractivity contribution is 7.14. The van der Waals surface area contributed by atoms with Crippen molar-refractivity contribution in [2.75, 3.05) is 6.61 Å². The van der Waals surface area contributed by atoms with Crippen molar-refractivity contribution in [2.24, 2.45) is 5.73 Å².